The molecule has 1 aliphatic heterocycles. The molecule has 0 radical (unpaired) electrons. The molecule has 1 heterocycles. The zero-order chi connectivity index (χ0) is 12.3. The van der Waals surface area contributed by atoms with Crippen molar-refractivity contribution in [3.63, 3.8) is 0 Å². The molecule has 17 heavy (non-hydrogen) atoms. The molecule has 5 heteroatoms. The molecule has 2 rings (SSSR count). The summed E-state index contributed by atoms with van der Waals surface area (Å²) in [7, 11) is 1.66. The number of anilines is 1. The number of rotatable bonds is 3. The summed E-state index contributed by atoms with van der Waals surface area (Å²) in [4.78, 5) is 2.26. The normalized spacial score (nSPS) is 15.8. The first-order valence-corrected chi connectivity index (χ1v) is 5.68. The first kappa shape index (κ1) is 11.9. The number of hydrogen-bond donors (Lipinski definition) is 1. The van der Waals surface area contributed by atoms with Gasteiger partial charge >= 0.3 is 0 Å². The third-order valence-electron chi connectivity index (χ3n) is 2.99. The van der Waals surface area contributed by atoms with Gasteiger partial charge in [-0.1, -0.05) is 0 Å². The maximum Gasteiger partial charge on any atom is 0.144 e. The predicted molar refractivity (Wildman–Crippen MR) is 64.8 cm³/mol. The lowest BCUT2D eigenvalue weighted by Gasteiger charge is -2.30. The molecule has 1 fully saturated rings. The first-order chi connectivity index (χ1) is 8.26. The van der Waals surface area contributed by atoms with Crippen LogP contribution in [0.4, 0.5) is 11.4 Å². The number of morpholine rings is 1. The summed E-state index contributed by atoms with van der Waals surface area (Å²) >= 11 is 0. The molecule has 0 saturated carbocycles. The zero-order valence-electron chi connectivity index (χ0n) is 10.3. The Morgan fingerprint density at radius 3 is 2.65 bits per heavy atom. The molecule has 0 unspecified atom stereocenters. The molecule has 0 amide bonds. The summed E-state index contributed by atoms with van der Waals surface area (Å²) in [6.07, 6.45) is 0. The minimum Gasteiger partial charge on any atom is -0.494 e. The molecule has 2 N–H and O–H groups in total. The van der Waals surface area contributed by atoms with Gasteiger partial charge in [-0.25, -0.2) is 0 Å². The second-order valence-corrected chi connectivity index (χ2v) is 4.04. The van der Waals surface area contributed by atoms with Crippen molar-refractivity contribution in [3.05, 3.63) is 17.7 Å². The van der Waals surface area contributed by atoms with E-state index in [0.717, 1.165) is 49.0 Å². The van der Waals surface area contributed by atoms with Crippen LogP contribution < -0.4 is 15.2 Å². The highest BCUT2D eigenvalue weighted by Crippen LogP contribution is 2.35. The van der Waals surface area contributed by atoms with Crippen LogP contribution in [0.5, 0.6) is 5.75 Å². The predicted octanol–water partition coefficient (Wildman–Crippen LogP) is 0.683. The van der Waals surface area contributed by atoms with Crippen LogP contribution in [-0.4, -0.2) is 33.4 Å². The van der Waals surface area contributed by atoms with Crippen molar-refractivity contribution in [2.75, 3.05) is 38.3 Å². The molecule has 1 saturated heterocycles. The van der Waals surface area contributed by atoms with Gasteiger partial charge in [-0.15, -0.1) is 0 Å². The lowest BCUT2D eigenvalue weighted by atomic mass is 10.1. The van der Waals surface area contributed by atoms with Crippen LogP contribution in [0.2, 0.25) is 0 Å². The van der Waals surface area contributed by atoms with Crippen molar-refractivity contribution < 1.29 is 15.0 Å². The Kier molecular flexibility index (Phi) is 3.58. The molecule has 0 bridgehead atoms. The minimum absolute atomic E-state index is 0.755. The summed E-state index contributed by atoms with van der Waals surface area (Å²) in [6, 6.07) is 3.94. The average molecular weight is 236 g/mol. The maximum atomic E-state index is 5.40. The van der Waals surface area contributed by atoms with Gasteiger partial charge in [-0.2, -0.15) is 5.53 Å². The van der Waals surface area contributed by atoms with E-state index in [1.54, 1.807) is 7.11 Å². The second kappa shape index (κ2) is 5.14. The summed E-state index contributed by atoms with van der Waals surface area (Å²) in [5.74, 6) is 0.807. The number of ether oxygens (including phenoxy) is 2. The lowest BCUT2D eigenvalue weighted by molar-refractivity contribution is -0.210. The standard InChI is InChI=1S/C12H17N3O2/c1-9-7-11(15-3-5-17-6-4-15)12(16-2)8-10(9)14-13/h7-8,13H,3-6H2,1-2H3/p+1. The van der Waals surface area contributed by atoms with E-state index in [9.17, 15) is 0 Å². The molecular formula is C12H18N3O2+. The molecule has 0 spiro atoms. The Labute approximate surface area is 101 Å². The molecule has 92 valence electrons. The van der Waals surface area contributed by atoms with Crippen LogP contribution >= 0.6 is 0 Å². The van der Waals surface area contributed by atoms with Crippen molar-refractivity contribution in [3.8, 4) is 5.75 Å². The molecule has 0 aliphatic carbocycles. The fourth-order valence-electron chi connectivity index (χ4n) is 2.02. The highest BCUT2D eigenvalue weighted by Gasteiger charge is 2.17. The smallest absolute Gasteiger partial charge is 0.144 e. The number of aryl methyl sites for hydroxylation is 1. The fourth-order valence-corrected chi connectivity index (χ4v) is 2.02. The van der Waals surface area contributed by atoms with E-state index in [0.29, 0.717) is 0 Å². The SMILES string of the molecule is COc1cc(N=[NH2+])c(C)cc1N1CCOCC1. The number of nitrogens with two attached hydrogens (primary N) is 1. The molecule has 1 aromatic rings. The van der Waals surface area contributed by atoms with Gasteiger partial charge in [0.05, 0.1) is 26.0 Å². The highest BCUT2D eigenvalue weighted by molar-refractivity contribution is 5.66. The van der Waals surface area contributed by atoms with Crippen molar-refractivity contribution in [2.45, 2.75) is 6.92 Å². The van der Waals surface area contributed by atoms with Crippen molar-refractivity contribution in [1.29, 1.82) is 0 Å². The summed E-state index contributed by atoms with van der Waals surface area (Å²) in [5, 5.41) is 3.74. The Morgan fingerprint density at radius 2 is 2.06 bits per heavy atom. The first-order valence-electron chi connectivity index (χ1n) is 5.68. The minimum atomic E-state index is 0.755. The zero-order valence-corrected chi connectivity index (χ0v) is 10.3. The maximum absolute atomic E-state index is 5.40. The Bertz CT molecular complexity index is 414. The highest BCUT2D eigenvalue weighted by atomic mass is 16.5. The second-order valence-electron chi connectivity index (χ2n) is 4.04. The van der Waals surface area contributed by atoms with Crippen molar-refractivity contribution >= 4 is 11.4 Å². The van der Waals surface area contributed by atoms with Gasteiger partial charge in [0.15, 0.2) is 0 Å². The molecule has 5 nitrogen and oxygen atoms in total. The van der Waals surface area contributed by atoms with Gasteiger partial charge < -0.3 is 14.4 Å². The average Bonchev–Trinajstić information content (AvgIpc) is 2.39. The summed E-state index contributed by atoms with van der Waals surface area (Å²) in [5.41, 5.74) is 8.24. The number of nitrogens with zero attached hydrogens (tertiary/aromatic N) is 2. The van der Waals surface area contributed by atoms with E-state index in [4.69, 9.17) is 15.0 Å². The number of benzene rings is 1. The van der Waals surface area contributed by atoms with Crippen LogP contribution in [0.15, 0.2) is 17.2 Å². The Hall–Kier alpha value is -1.62. The quantitative estimate of drug-likeness (QED) is 0.785. The monoisotopic (exact) mass is 236 g/mol. The largest absolute Gasteiger partial charge is 0.494 e. The van der Waals surface area contributed by atoms with Gasteiger partial charge in [0, 0.05) is 19.2 Å². The Morgan fingerprint density at radius 1 is 1.35 bits per heavy atom. The molecule has 1 aliphatic rings. The van der Waals surface area contributed by atoms with Gasteiger partial charge in [-0.3, -0.25) is 0 Å². The fraction of sp³-hybridized carbons (Fsp3) is 0.500. The van der Waals surface area contributed by atoms with Gasteiger partial charge in [0.25, 0.3) is 0 Å². The molecule has 0 aromatic heterocycles. The van der Waals surface area contributed by atoms with Gasteiger partial charge in [0.2, 0.25) is 0 Å². The van der Waals surface area contributed by atoms with Gasteiger partial charge in [-0.05, 0) is 23.7 Å². The molecular weight excluding hydrogens is 218 g/mol. The number of hydrogen-bond acceptors (Lipinski definition) is 4. The third kappa shape index (κ3) is 2.39. The van der Waals surface area contributed by atoms with Crippen LogP contribution in [0.25, 0.3) is 0 Å². The van der Waals surface area contributed by atoms with E-state index in [-0.39, 0.29) is 0 Å². The van der Waals surface area contributed by atoms with Crippen molar-refractivity contribution in [1.82, 2.24) is 0 Å². The van der Waals surface area contributed by atoms with E-state index in [1.165, 1.54) is 0 Å². The number of methoxy groups -OCH3 is 1. The topological polar surface area (TPSA) is 59.7 Å². The van der Waals surface area contributed by atoms with Crippen LogP contribution in [0.3, 0.4) is 0 Å². The molecule has 1 aromatic carbocycles. The lowest BCUT2D eigenvalue weighted by Crippen LogP contribution is -2.36. The van der Waals surface area contributed by atoms with E-state index in [1.807, 2.05) is 13.0 Å². The van der Waals surface area contributed by atoms with E-state index < -0.39 is 0 Å². The molecule has 0 atom stereocenters. The van der Waals surface area contributed by atoms with Gasteiger partial charge in [0.1, 0.15) is 11.4 Å². The van der Waals surface area contributed by atoms with E-state index in [2.05, 4.69) is 16.1 Å². The third-order valence-corrected chi connectivity index (χ3v) is 2.99. The van der Waals surface area contributed by atoms with Crippen molar-refractivity contribution in [2.24, 2.45) is 5.11 Å². The van der Waals surface area contributed by atoms with Crippen LogP contribution in [0.1, 0.15) is 5.56 Å². The Balaban J connectivity index is 2.37. The van der Waals surface area contributed by atoms with E-state index >= 15 is 0 Å². The van der Waals surface area contributed by atoms with Crippen LogP contribution in [-0.2, 0) is 4.74 Å². The summed E-state index contributed by atoms with van der Waals surface area (Å²) < 4.78 is 10.7. The van der Waals surface area contributed by atoms with Crippen LogP contribution in [0, 0.1) is 6.92 Å². The summed E-state index contributed by atoms with van der Waals surface area (Å²) in [6.45, 7) is 5.27.